The molecule has 1 fully saturated rings. The Morgan fingerprint density at radius 2 is 2.24 bits per heavy atom. The van der Waals surface area contributed by atoms with Crippen molar-refractivity contribution in [3.8, 4) is 0 Å². The van der Waals surface area contributed by atoms with Gasteiger partial charge in [-0.3, -0.25) is 9.78 Å². The molecule has 1 saturated heterocycles. The third-order valence-corrected chi connectivity index (χ3v) is 3.87. The molecule has 1 aliphatic heterocycles. The molecule has 0 aliphatic carbocycles. The van der Waals surface area contributed by atoms with Crippen molar-refractivity contribution in [2.24, 2.45) is 7.05 Å². The third kappa shape index (κ3) is 2.54. The number of carbonyl (C=O) groups is 1. The summed E-state index contributed by atoms with van der Waals surface area (Å²) in [6, 6.07) is 3.70. The summed E-state index contributed by atoms with van der Waals surface area (Å²) in [4.78, 5) is 23.4. The minimum Gasteiger partial charge on any atom is -0.336 e. The average molecular weight is 285 g/mol. The zero-order valence-corrected chi connectivity index (χ0v) is 12.3. The largest absolute Gasteiger partial charge is 0.336 e. The number of nitrogens with zero attached hydrogens (tertiary/aromatic N) is 4. The van der Waals surface area contributed by atoms with Crippen LogP contribution in [0.3, 0.4) is 0 Å². The summed E-state index contributed by atoms with van der Waals surface area (Å²) in [5.41, 5.74) is 1.43. The molecule has 3 heterocycles. The van der Waals surface area contributed by atoms with E-state index in [9.17, 15) is 4.79 Å². The van der Waals surface area contributed by atoms with Crippen LogP contribution in [0.4, 0.5) is 0 Å². The van der Waals surface area contributed by atoms with Gasteiger partial charge in [-0.25, -0.2) is 4.98 Å². The number of aryl methyl sites for hydroxylation is 2. The molecule has 21 heavy (non-hydrogen) atoms. The van der Waals surface area contributed by atoms with Crippen molar-refractivity contribution >= 4 is 5.91 Å². The number of nitrogens with one attached hydrogen (secondary N) is 1. The van der Waals surface area contributed by atoms with Gasteiger partial charge in [-0.15, -0.1) is 0 Å². The topological polar surface area (TPSA) is 63.1 Å². The summed E-state index contributed by atoms with van der Waals surface area (Å²) in [5, 5.41) is 3.33. The van der Waals surface area contributed by atoms with E-state index in [4.69, 9.17) is 0 Å². The SMILES string of the molecule is Cc1cccnc1C(=O)N1CCNCC1c1nccn1C. The van der Waals surface area contributed by atoms with Crippen LogP contribution in [0.25, 0.3) is 0 Å². The summed E-state index contributed by atoms with van der Waals surface area (Å²) < 4.78 is 1.96. The first-order valence-electron chi connectivity index (χ1n) is 7.09. The molecule has 1 N–H and O–H groups in total. The molecular weight excluding hydrogens is 266 g/mol. The maximum Gasteiger partial charge on any atom is 0.273 e. The number of imidazole rings is 1. The van der Waals surface area contributed by atoms with Gasteiger partial charge >= 0.3 is 0 Å². The Hall–Kier alpha value is -2.21. The monoisotopic (exact) mass is 285 g/mol. The van der Waals surface area contributed by atoms with Crippen molar-refractivity contribution in [2.75, 3.05) is 19.6 Å². The highest BCUT2D eigenvalue weighted by Crippen LogP contribution is 2.22. The molecule has 0 spiro atoms. The lowest BCUT2D eigenvalue weighted by molar-refractivity contribution is 0.0614. The first-order chi connectivity index (χ1) is 10.2. The smallest absolute Gasteiger partial charge is 0.273 e. The fourth-order valence-corrected chi connectivity index (χ4v) is 2.72. The molecule has 6 nitrogen and oxygen atoms in total. The van der Waals surface area contributed by atoms with Crippen LogP contribution in [0.2, 0.25) is 0 Å². The number of carbonyl (C=O) groups excluding carboxylic acids is 1. The van der Waals surface area contributed by atoms with Crippen molar-refractivity contribution in [3.05, 3.63) is 47.8 Å². The summed E-state index contributed by atoms with van der Waals surface area (Å²) >= 11 is 0. The Kier molecular flexibility index (Phi) is 3.70. The van der Waals surface area contributed by atoms with E-state index >= 15 is 0 Å². The first-order valence-corrected chi connectivity index (χ1v) is 7.09. The minimum absolute atomic E-state index is 0.0254. The predicted octanol–water partition coefficient (Wildman–Crippen LogP) is 0.910. The van der Waals surface area contributed by atoms with E-state index in [1.54, 1.807) is 12.4 Å². The molecule has 1 unspecified atom stereocenters. The molecule has 1 atom stereocenters. The number of aromatic nitrogens is 3. The zero-order chi connectivity index (χ0) is 14.8. The maximum atomic E-state index is 12.8. The van der Waals surface area contributed by atoms with E-state index in [-0.39, 0.29) is 11.9 Å². The molecule has 0 aromatic carbocycles. The summed E-state index contributed by atoms with van der Waals surface area (Å²) in [6.45, 7) is 4.07. The van der Waals surface area contributed by atoms with E-state index in [1.165, 1.54) is 0 Å². The second kappa shape index (κ2) is 5.65. The molecule has 6 heteroatoms. The van der Waals surface area contributed by atoms with Gasteiger partial charge in [-0.1, -0.05) is 6.07 Å². The molecule has 2 aromatic rings. The van der Waals surface area contributed by atoms with Crippen LogP contribution in [0.1, 0.15) is 27.9 Å². The number of pyridine rings is 1. The zero-order valence-electron chi connectivity index (χ0n) is 12.3. The van der Waals surface area contributed by atoms with Crippen LogP contribution >= 0.6 is 0 Å². The van der Waals surface area contributed by atoms with Gasteiger partial charge in [0.2, 0.25) is 0 Å². The molecule has 0 saturated carbocycles. The maximum absolute atomic E-state index is 12.8. The quantitative estimate of drug-likeness (QED) is 0.891. The minimum atomic E-state index is -0.0624. The highest BCUT2D eigenvalue weighted by molar-refractivity contribution is 5.94. The molecular formula is C15H19N5O. The molecule has 1 aliphatic rings. The highest BCUT2D eigenvalue weighted by atomic mass is 16.2. The molecule has 1 amide bonds. The van der Waals surface area contributed by atoms with Gasteiger partial charge < -0.3 is 14.8 Å². The number of piperazine rings is 1. The van der Waals surface area contributed by atoms with Crippen molar-refractivity contribution in [3.63, 3.8) is 0 Å². The average Bonchev–Trinajstić information content (AvgIpc) is 2.93. The Bertz CT molecular complexity index is 651. The van der Waals surface area contributed by atoms with Crippen LogP contribution in [0.15, 0.2) is 30.7 Å². The van der Waals surface area contributed by atoms with E-state index in [0.29, 0.717) is 18.8 Å². The first kappa shape index (κ1) is 13.8. The van der Waals surface area contributed by atoms with Crippen LogP contribution in [-0.2, 0) is 7.05 Å². The lowest BCUT2D eigenvalue weighted by Gasteiger charge is -2.35. The van der Waals surface area contributed by atoms with E-state index in [0.717, 1.165) is 17.9 Å². The van der Waals surface area contributed by atoms with Crippen LogP contribution in [-0.4, -0.2) is 45.0 Å². The Morgan fingerprint density at radius 3 is 2.95 bits per heavy atom. The molecule has 110 valence electrons. The highest BCUT2D eigenvalue weighted by Gasteiger charge is 2.32. The number of hydrogen-bond acceptors (Lipinski definition) is 4. The van der Waals surface area contributed by atoms with Gasteiger partial charge in [-0.2, -0.15) is 0 Å². The summed E-state index contributed by atoms with van der Waals surface area (Å²) in [6.07, 6.45) is 5.33. The van der Waals surface area contributed by atoms with E-state index < -0.39 is 0 Å². The molecule has 0 radical (unpaired) electrons. The van der Waals surface area contributed by atoms with Crippen molar-refractivity contribution < 1.29 is 4.79 Å². The van der Waals surface area contributed by atoms with Crippen molar-refractivity contribution in [1.29, 1.82) is 0 Å². The Morgan fingerprint density at radius 1 is 1.38 bits per heavy atom. The number of hydrogen-bond donors (Lipinski definition) is 1. The van der Waals surface area contributed by atoms with Crippen molar-refractivity contribution in [1.82, 2.24) is 24.8 Å². The van der Waals surface area contributed by atoms with Gasteiger partial charge in [-0.05, 0) is 18.6 Å². The van der Waals surface area contributed by atoms with Gasteiger partial charge in [0, 0.05) is 45.3 Å². The van der Waals surface area contributed by atoms with Gasteiger partial charge in [0.05, 0.1) is 0 Å². The fraction of sp³-hybridized carbons (Fsp3) is 0.400. The Labute approximate surface area is 123 Å². The summed E-state index contributed by atoms with van der Waals surface area (Å²) in [5.74, 6) is 0.867. The number of amides is 1. The van der Waals surface area contributed by atoms with E-state index in [2.05, 4.69) is 15.3 Å². The molecule has 0 bridgehead atoms. The normalized spacial score (nSPS) is 18.8. The second-order valence-corrected chi connectivity index (χ2v) is 5.28. The predicted molar refractivity (Wildman–Crippen MR) is 78.8 cm³/mol. The Balaban J connectivity index is 1.93. The summed E-state index contributed by atoms with van der Waals surface area (Å²) in [7, 11) is 1.95. The third-order valence-electron chi connectivity index (χ3n) is 3.87. The van der Waals surface area contributed by atoms with Gasteiger partial charge in [0.1, 0.15) is 17.6 Å². The van der Waals surface area contributed by atoms with Crippen LogP contribution in [0.5, 0.6) is 0 Å². The van der Waals surface area contributed by atoms with Gasteiger partial charge in [0.15, 0.2) is 0 Å². The standard InChI is InChI=1S/C15H19N5O/c1-11-4-3-5-17-13(11)15(21)20-9-6-16-10-12(20)14-18-7-8-19(14)2/h3-5,7-8,12,16H,6,9-10H2,1-2H3. The fourth-order valence-electron chi connectivity index (χ4n) is 2.72. The van der Waals surface area contributed by atoms with E-state index in [1.807, 2.05) is 41.8 Å². The second-order valence-electron chi connectivity index (χ2n) is 5.28. The van der Waals surface area contributed by atoms with Crippen LogP contribution < -0.4 is 5.32 Å². The molecule has 2 aromatic heterocycles. The number of rotatable bonds is 2. The lowest BCUT2D eigenvalue weighted by Crippen LogP contribution is -2.49. The van der Waals surface area contributed by atoms with Crippen LogP contribution in [0, 0.1) is 6.92 Å². The van der Waals surface area contributed by atoms with Crippen molar-refractivity contribution in [2.45, 2.75) is 13.0 Å². The van der Waals surface area contributed by atoms with Gasteiger partial charge in [0.25, 0.3) is 5.91 Å². The lowest BCUT2D eigenvalue weighted by atomic mass is 10.1. The molecule has 3 rings (SSSR count).